The van der Waals surface area contributed by atoms with Gasteiger partial charge in [-0.1, -0.05) is 37.3 Å². The van der Waals surface area contributed by atoms with Crippen LogP contribution >= 0.6 is 11.8 Å². The summed E-state index contributed by atoms with van der Waals surface area (Å²) >= 11 is 1.75. The van der Waals surface area contributed by atoms with Crippen LogP contribution in [0.5, 0.6) is 0 Å². The van der Waals surface area contributed by atoms with Crippen molar-refractivity contribution in [3.05, 3.63) is 35.9 Å². The summed E-state index contributed by atoms with van der Waals surface area (Å²) < 4.78 is 5.82. The number of amides is 2. The highest BCUT2D eigenvalue weighted by Crippen LogP contribution is 2.33. The Morgan fingerprint density at radius 1 is 1.38 bits per heavy atom. The minimum Gasteiger partial charge on any atom is -0.373 e. The topological polar surface area (TPSA) is 50.4 Å². The lowest BCUT2D eigenvalue weighted by Crippen LogP contribution is -2.40. The van der Waals surface area contributed by atoms with Gasteiger partial charge in [0.25, 0.3) is 0 Å². The van der Waals surface area contributed by atoms with Gasteiger partial charge < -0.3 is 15.4 Å². The van der Waals surface area contributed by atoms with Crippen LogP contribution in [0.1, 0.15) is 25.0 Å². The smallest absolute Gasteiger partial charge is 0.314 e. The highest BCUT2D eigenvalue weighted by molar-refractivity contribution is 7.99. The second kappa shape index (κ2) is 8.29. The van der Waals surface area contributed by atoms with Crippen LogP contribution in [-0.2, 0) is 4.74 Å². The third kappa shape index (κ3) is 4.93. The van der Waals surface area contributed by atoms with Gasteiger partial charge in [0, 0.05) is 30.9 Å². The summed E-state index contributed by atoms with van der Waals surface area (Å²) in [6.45, 7) is 4.20. The molecule has 2 amide bonds. The number of carbonyl (C=O) groups excluding carboxylic acids is 1. The minimum absolute atomic E-state index is 0.0883. The molecule has 1 fully saturated rings. The van der Waals surface area contributed by atoms with Gasteiger partial charge in [0.05, 0.1) is 6.10 Å². The number of carbonyl (C=O) groups is 1. The molecule has 0 bridgehead atoms. The maximum atomic E-state index is 11.8. The largest absolute Gasteiger partial charge is 0.373 e. The van der Waals surface area contributed by atoms with E-state index < -0.39 is 0 Å². The van der Waals surface area contributed by atoms with E-state index in [-0.39, 0.29) is 12.1 Å². The van der Waals surface area contributed by atoms with Gasteiger partial charge in [-0.05, 0) is 18.2 Å². The zero-order valence-electron chi connectivity index (χ0n) is 12.7. The molecule has 1 aliphatic heterocycles. The zero-order valence-corrected chi connectivity index (χ0v) is 13.5. The molecule has 1 aromatic rings. The van der Waals surface area contributed by atoms with Crippen molar-refractivity contribution in [3.63, 3.8) is 0 Å². The fourth-order valence-electron chi connectivity index (χ4n) is 2.46. The molecule has 0 saturated carbocycles. The van der Waals surface area contributed by atoms with Gasteiger partial charge in [-0.2, -0.15) is 11.8 Å². The zero-order chi connectivity index (χ0) is 15.1. The second-order valence-corrected chi connectivity index (χ2v) is 6.66. The normalized spacial score (nSPS) is 22.8. The molecule has 0 radical (unpaired) electrons. The summed E-state index contributed by atoms with van der Waals surface area (Å²) in [5.41, 5.74) is 1.19. The molecule has 3 atom stereocenters. The van der Waals surface area contributed by atoms with Gasteiger partial charge in [0.1, 0.15) is 0 Å². The molecule has 4 nitrogen and oxygen atoms in total. The number of ether oxygens (including phenoxy) is 1. The van der Waals surface area contributed by atoms with Crippen LogP contribution in [0.2, 0.25) is 0 Å². The van der Waals surface area contributed by atoms with E-state index in [1.165, 1.54) is 5.56 Å². The summed E-state index contributed by atoms with van der Waals surface area (Å²) in [5.74, 6) is 0.344. The number of nitrogens with one attached hydrogen (secondary N) is 2. The van der Waals surface area contributed by atoms with Crippen LogP contribution in [0.3, 0.4) is 0 Å². The first-order valence-corrected chi connectivity index (χ1v) is 8.70. The van der Waals surface area contributed by atoms with Crippen LogP contribution in [-0.4, -0.2) is 37.2 Å². The molecular weight excluding hydrogens is 284 g/mol. The van der Waals surface area contributed by atoms with Gasteiger partial charge in [-0.15, -0.1) is 0 Å². The molecule has 0 aromatic heterocycles. The Hall–Kier alpha value is -1.20. The highest BCUT2D eigenvalue weighted by atomic mass is 32.2. The molecule has 116 valence electrons. The maximum Gasteiger partial charge on any atom is 0.314 e. The average Bonchev–Trinajstić information content (AvgIpc) is 2.99. The van der Waals surface area contributed by atoms with E-state index in [2.05, 4.69) is 29.7 Å². The summed E-state index contributed by atoms with van der Waals surface area (Å²) in [6.07, 6.45) is 3.13. The van der Waals surface area contributed by atoms with Crippen molar-refractivity contribution in [3.8, 4) is 0 Å². The first-order valence-electron chi connectivity index (χ1n) is 7.41. The van der Waals surface area contributed by atoms with E-state index in [1.807, 2.05) is 24.5 Å². The molecule has 0 aliphatic carbocycles. The Labute approximate surface area is 131 Å². The number of hydrogen-bond donors (Lipinski definition) is 2. The number of hydrogen-bond acceptors (Lipinski definition) is 3. The number of rotatable bonds is 6. The molecule has 1 aliphatic rings. The molecule has 1 saturated heterocycles. The summed E-state index contributed by atoms with van der Waals surface area (Å²) in [6, 6.07) is 10.1. The van der Waals surface area contributed by atoms with Gasteiger partial charge in [-0.25, -0.2) is 4.79 Å². The third-order valence-corrected chi connectivity index (χ3v) is 4.79. The van der Waals surface area contributed by atoms with Crippen LogP contribution < -0.4 is 10.6 Å². The quantitative estimate of drug-likeness (QED) is 0.849. The third-order valence-electron chi connectivity index (χ3n) is 3.82. The summed E-state index contributed by atoms with van der Waals surface area (Å²) in [4.78, 5) is 11.8. The van der Waals surface area contributed by atoms with Gasteiger partial charge in [0.2, 0.25) is 0 Å². The minimum atomic E-state index is -0.0883. The number of benzene rings is 1. The Bertz CT molecular complexity index is 441. The Kier molecular flexibility index (Phi) is 6.39. The lowest BCUT2D eigenvalue weighted by atomic mass is 9.95. The van der Waals surface area contributed by atoms with Crippen LogP contribution in [0, 0.1) is 5.92 Å². The molecule has 5 heteroatoms. The lowest BCUT2D eigenvalue weighted by Gasteiger charge is -2.19. The van der Waals surface area contributed by atoms with Crippen molar-refractivity contribution in [1.82, 2.24) is 10.6 Å². The average molecular weight is 308 g/mol. The predicted molar refractivity (Wildman–Crippen MR) is 87.6 cm³/mol. The van der Waals surface area contributed by atoms with Crippen molar-refractivity contribution in [2.75, 3.05) is 26.0 Å². The van der Waals surface area contributed by atoms with Crippen LogP contribution in [0.15, 0.2) is 30.3 Å². The van der Waals surface area contributed by atoms with Crippen LogP contribution in [0.4, 0.5) is 4.79 Å². The standard InChI is InChI=1S/C16H24N2O2S/c1-12(21-2)10-17-16(19)18-11-14-8-9-20-15(14)13-6-4-3-5-7-13/h3-7,12,14-15H,8-11H2,1-2H3,(H2,17,18,19)/t12?,14-,15-/m1/s1. The Morgan fingerprint density at radius 2 is 2.14 bits per heavy atom. The van der Waals surface area contributed by atoms with E-state index in [0.29, 0.717) is 24.3 Å². The van der Waals surface area contributed by atoms with Crippen LogP contribution in [0.25, 0.3) is 0 Å². The second-order valence-electron chi connectivity index (χ2n) is 5.39. The Morgan fingerprint density at radius 3 is 2.86 bits per heavy atom. The molecule has 1 heterocycles. The highest BCUT2D eigenvalue weighted by Gasteiger charge is 2.29. The first-order chi connectivity index (χ1) is 10.2. The lowest BCUT2D eigenvalue weighted by molar-refractivity contribution is 0.0910. The number of urea groups is 1. The van der Waals surface area contributed by atoms with Crippen molar-refractivity contribution in [2.45, 2.75) is 24.7 Å². The van der Waals surface area contributed by atoms with Gasteiger partial charge in [0.15, 0.2) is 0 Å². The van der Waals surface area contributed by atoms with E-state index >= 15 is 0 Å². The van der Waals surface area contributed by atoms with E-state index in [4.69, 9.17) is 4.74 Å². The van der Waals surface area contributed by atoms with Crippen molar-refractivity contribution in [1.29, 1.82) is 0 Å². The molecule has 21 heavy (non-hydrogen) atoms. The molecule has 1 unspecified atom stereocenters. The van der Waals surface area contributed by atoms with Gasteiger partial charge >= 0.3 is 6.03 Å². The molecule has 0 spiro atoms. The maximum absolute atomic E-state index is 11.8. The van der Waals surface area contributed by atoms with E-state index in [0.717, 1.165) is 13.0 Å². The summed E-state index contributed by atoms with van der Waals surface area (Å²) in [7, 11) is 0. The Balaban J connectivity index is 1.78. The van der Waals surface area contributed by atoms with Crippen molar-refractivity contribution >= 4 is 17.8 Å². The fourth-order valence-corrected chi connectivity index (χ4v) is 2.71. The van der Waals surface area contributed by atoms with Crippen molar-refractivity contribution in [2.24, 2.45) is 5.92 Å². The van der Waals surface area contributed by atoms with E-state index in [9.17, 15) is 4.79 Å². The predicted octanol–water partition coefficient (Wildman–Crippen LogP) is 2.81. The molecule has 2 rings (SSSR count). The van der Waals surface area contributed by atoms with Crippen molar-refractivity contribution < 1.29 is 9.53 Å². The molecule has 1 aromatic carbocycles. The van der Waals surface area contributed by atoms with Gasteiger partial charge in [-0.3, -0.25) is 0 Å². The fraction of sp³-hybridized carbons (Fsp3) is 0.562. The molecular formula is C16H24N2O2S. The summed E-state index contributed by atoms with van der Waals surface area (Å²) in [5, 5.41) is 6.30. The first kappa shape index (κ1) is 16.2. The SMILES string of the molecule is CSC(C)CNC(=O)NC[C@H]1CCO[C@@H]1c1ccccc1. The molecule has 2 N–H and O–H groups in total. The van der Waals surface area contributed by atoms with E-state index in [1.54, 1.807) is 11.8 Å². The monoisotopic (exact) mass is 308 g/mol. The number of thioether (sulfide) groups is 1.